The van der Waals surface area contributed by atoms with Crippen LogP contribution in [0.5, 0.6) is 0 Å². The molecule has 192 valence electrons. The van der Waals surface area contributed by atoms with E-state index in [9.17, 15) is 0 Å². The summed E-state index contributed by atoms with van der Waals surface area (Å²) in [5.41, 5.74) is 4.70. The van der Waals surface area contributed by atoms with Crippen molar-refractivity contribution < 1.29 is 0 Å². The molecule has 0 saturated carbocycles. The minimum absolute atomic E-state index is 0.437. The van der Waals surface area contributed by atoms with Crippen molar-refractivity contribution in [2.75, 3.05) is 0 Å². The molecule has 0 aliphatic heterocycles. The Morgan fingerprint density at radius 3 is 1.00 bits per heavy atom. The van der Waals surface area contributed by atoms with Gasteiger partial charge in [-0.1, -0.05) is 72.4 Å². The lowest BCUT2D eigenvalue weighted by atomic mass is 10.1. The number of fused-ring (bicyclic) bond motifs is 3. The Morgan fingerprint density at radius 1 is 0.357 bits per heavy atom. The summed E-state index contributed by atoms with van der Waals surface area (Å²) in [6.45, 7) is 0. The zero-order valence-corrected chi connectivity index (χ0v) is 22.1. The van der Waals surface area contributed by atoms with Crippen LogP contribution < -0.4 is 0 Å². The van der Waals surface area contributed by atoms with Gasteiger partial charge in [0.1, 0.15) is 0 Å². The highest BCUT2D eigenvalue weighted by atomic mass is 14.9. The average molecular weight is 535 g/mol. The minimum atomic E-state index is 0.437. The zero-order chi connectivity index (χ0) is 28.1. The number of hydrogen-bond acceptors (Lipinski definition) is 6. The second-order valence-corrected chi connectivity index (χ2v) is 9.31. The molecule has 0 saturated heterocycles. The fourth-order valence-corrected chi connectivity index (χ4v) is 4.33. The Morgan fingerprint density at radius 2 is 0.667 bits per heavy atom. The summed E-state index contributed by atoms with van der Waals surface area (Å²) in [5.74, 6) is 20.1. The molecule has 0 bridgehead atoms. The van der Waals surface area contributed by atoms with Gasteiger partial charge >= 0.3 is 0 Å². The largest absolute Gasteiger partial charge is 0.229 e. The number of aromatic nitrogens is 6. The lowest BCUT2D eigenvalue weighted by Gasteiger charge is -1.99. The Labute approximate surface area is 241 Å². The Bertz CT molecular complexity index is 2070. The van der Waals surface area contributed by atoms with Crippen LogP contribution in [-0.2, 0) is 0 Å². The van der Waals surface area contributed by atoms with E-state index in [0.717, 1.165) is 49.4 Å². The van der Waals surface area contributed by atoms with Crippen LogP contribution in [0.3, 0.4) is 0 Å². The maximum absolute atomic E-state index is 4.56. The molecule has 0 unspecified atom stereocenters. The van der Waals surface area contributed by atoms with E-state index < -0.39 is 0 Å². The first-order valence-corrected chi connectivity index (χ1v) is 13.1. The van der Waals surface area contributed by atoms with Crippen molar-refractivity contribution in [2.24, 2.45) is 0 Å². The fourth-order valence-electron chi connectivity index (χ4n) is 4.33. The number of nitrogens with zero attached hydrogens (tertiary/aromatic N) is 6. The summed E-state index contributed by atoms with van der Waals surface area (Å²) >= 11 is 0. The quantitative estimate of drug-likeness (QED) is 0.232. The summed E-state index contributed by atoms with van der Waals surface area (Å²) < 4.78 is 0. The molecule has 7 aromatic rings. The molecular weight excluding hydrogens is 516 g/mol. The van der Waals surface area contributed by atoms with Crippen molar-refractivity contribution in [1.82, 2.24) is 29.9 Å². The van der Waals surface area contributed by atoms with Crippen LogP contribution in [0.1, 0.15) is 34.2 Å². The van der Waals surface area contributed by atoms with Gasteiger partial charge in [0, 0.05) is 51.4 Å². The summed E-state index contributed by atoms with van der Waals surface area (Å²) in [5, 5.41) is 2.89. The normalized spacial score (nSPS) is 10.3. The topological polar surface area (TPSA) is 77.3 Å². The van der Waals surface area contributed by atoms with Gasteiger partial charge in [0.25, 0.3) is 0 Å². The van der Waals surface area contributed by atoms with Gasteiger partial charge < -0.3 is 0 Å². The highest BCUT2D eigenvalue weighted by Crippen LogP contribution is 2.13. The highest BCUT2D eigenvalue weighted by molar-refractivity contribution is 5.79. The van der Waals surface area contributed by atoms with Crippen molar-refractivity contribution in [2.45, 2.75) is 0 Å². The molecule has 0 N–H and O–H groups in total. The van der Waals surface area contributed by atoms with Crippen LogP contribution in [0.2, 0.25) is 0 Å². The van der Waals surface area contributed by atoms with Crippen molar-refractivity contribution in [3.05, 3.63) is 144 Å². The SMILES string of the molecule is C(#Cc1ncc2ccccc2n1)c1cc(C#Cc2ncc3ccccc3n2)cc(C#Cc2ncc3ccccc3n2)c1. The van der Waals surface area contributed by atoms with Gasteiger partial charge in [0.15, 0.2) is 0 Å². The van der Waals surface area contributed by atoms with E-state index in [1.54, 1.807) is 18.6 Å². The molecule has 3 aromatic heterocycles. The van der Waals surface area contributed by atoms with Gasteiger partial charge in [-0.25, -0.2) is 29.9 Å². The molecule has 0 fully saturated rings. The molecular formula is C36H18N6. The van der Waals surface area contributed by atoms with Gasteiger partial charge in [0.2, 0.25) is 17.5 Å². The second-order valence-electron chi connectivity index (χ2n) is 9.31. The van der Waals surface area contributed by atoms with Gasteiger partial charge in [-0.05, 0) is 54.2 Å². The van der Waals surface area contributed by atoms with Crippen molar-refractivity contribution in [3.63, 3.8) is 0 Å². The zero-order valence-electron chi connectivity index (χ0n) is 22.1. The molecule has 3 heterocycles. The van der Waals surface area contributed by atoms with Crippen LogP contribution in [-0.4, -0.2) is 29.9 Å². The van der Waals surface area contributed by atoms with Gasteiger partial charge in [0.05, 0.1) is 16.6 Å². The van der Waals surface area contributed by atoms with E-state index in [4.69, 9.17) is 0 Å². The molecule has 0 amide bonds. The van der Waals surface area contributed by atoms with E-state index in [1.165, 1.54) is 0 Å². The molecule has 0 aliphatic carbocycles. The summed E-state index contributed by atoms with van der Waals surface area (Å²) in [6, 6.07) is 29.1. The van der Waals surface area contributed by atoms with Gasteiger partial charge in [-0.15, -0.1) is 0 Å². The van der Waals surface area contributed by atoms with Crippen LogP contribution >= 0.6 is 0 Å². The van der Waals surface area contributed by atoms with Crippen molar-refractivity contribution in [1.29, 1.82) is 0 Å². The first-order chi connectivity index (χ1) is 20.7. The molecule has 0 aliphatic rings. The summed E-state index contributed by atoms with van der Waals surface area (Å²) in [6.07, 6.45) is 5.33. The lowest BCUT2D eigenvalue weighted by molar-refractivity contribution is 1.17. The van der Waals surface area contributed by atoms with Crippen LogP contribution in [0.25, 0.3) is 32.7 Å². The standard InChI is InChI=1S/C36H18N6/c1-4-10-31-28(7-1)22-37-34(40-31)16-13-25-19-26(14-17-35-38-23-29-8-2-5-11-32(29)41-35)21-27(20-25)15-18-36-39-24-30-9-3-6-12-33(30)42-36/h1-12,19-24H. The molecule has 42 heavy (non-hydrogen) atoms. The molecule has 4 aromatic carbocycles. The number of hydrogen-bond donors (Lipinski definition) is 0. The second kappa shape index (κ2) is 11.0. The minimum Gasteiger partial charge on any atom is -0.229 e. The third-order valence-electron chi connectivity index (χ3n) is 6.36. The molecule has 7 rings (SSSR count). The lowest BCUT2D eigenvalue weighted by Crippen LogP contribution is -1.91. The molecule has 0 spiro atoms. The van der Waals surface area contributed by atoms with Crippen LogP contribution in [0.15, 0.2) is 110 Å². The maximum Gasteiger partial charge on any atom is 0.205 e. The Hall–Kier alpha value is -6.42. The molecule has 6 heteroatoms. The Balaban J connectivity index is 1.27. The molecule has 0 radical (unpaired) electrons. The van der Waals surface area contributed by atoms with E-state index in [-0.39, 0.29) is 0 Å². The number of para-hydroxylation sites is 3. The maximum atomic E-state index is 4.56. The summed E-state index contributed by atoms with van der Waals surface area (Å²) in [4.78, 5) is 26.9. The van der Waals surface area contributed by atoms with Crippen LogP contribution in [0.4, 0.5) is 0 Å². The highest BCUT2D eigenvalue weighted by Gasteiger charge is 2.01. The van der Waals surface area contributed by atoms with Crippen LogP contribution in [0, 0.1) is 35.5 Å². The van der Waals surface area contributed by atoms with Gasteiger partial charge in [-0.2, -0.15) is 0 Å². The average Bonchev–Trinajstić information content (AvgIpc) is 3.05. The van der Waals surface area contributed by atoms with E-state index >= 15 is 0 Å². The van der Waals surface area contributed by atoms with Gasteiger partial charge in [-0.3, -0.25) is 0 Å². The third kappa shape index (κ3) is 5.49. The Kier molecular flexibility index (Phi) is 6.44. The predicted octanol–water partition coefficient (Wildman–Crippen LogP) is 5.72. The number of benzene rings is 4. The first-order valence-electron chi connectivity index (χ1n) is 13.1. The molecule has 6 nitrogen and oxygen atoms in total. The van der Waals surface area contributed by atoms with E-state index in [2.05, 4.69) is 65.4 Å². The summed E-state index contributed by atoms with van der Waals surface area (Å²) in [7, 11) is 0. The van der Waals surface area contributed by atoms with Crippen molar-refractivity contribution in [3.8, 4) is 35.5 Å². The third-order valence-corrected chi connectivity index (χ3v) is 6.36. The number of rotatable bonds is 0. The van der Waals surface area contributed by atoms with Crippen molar-refractivity contribution >= 4 is 32.7 Å². The molecule has 0 atom stereocenters. The van der Waals surface area contributed by atoms with E-state index in [0.29, 0.717) is 17.5 Å². The first kappa shape index (κ1) is 24.6. The predicted molar refractivity (Wildman–Crippen MR) is 163 cm³/mol. The fraction of sp³-hybridized carbons (Fsp3) is 0. The monoisotopic (exact) mass is 534 g/mol. The van der Waals surface area contributed by atoms with E-state index in [1.807, 2.05) is 91.0 Å². The smallest absolute Gasteiger partial charge is 0.205 e.